The summed E-state index contributed by atoms with van der Waals surface area (Å²) in [5.41, 5.74) is 1.66. The van der Waals surface area contributed by atoms with Gasteiger partial charge in [-0.25, -0.2) is 4.98 Å². The van der Waals surface area contributed by atoms with E-state index in [-0.39, 0.29) is 11.6 Å². The quantitative estimate of drug-likeness (QED) is 0.825. The predicted molar refractivity (Wildman–Crippen MR) is 71.8 cm³/mol. The number of piperazine rings is 1. The summed E-state index contributed by atoms with van der Waals surface area (Å²) in [6.07, 6.45) is 0.803. The third kappa shape index (κ3) is 2.62. The van der Waals surface area contributed by atoms with Gasteiger partial charge in [-0.3, -0.25) is 9.69 Å². The fraction of sp³-hybridized carbons (Fsp3) is 0.692. The van der Waals surface area contributed by atoms with Gasteiger partial charge in [-0.05, 0) is 20.3 Å². The zero-order chi connectivity index (χ0) is 13.1. The average Bonchev–Trinajstić information content (AvgIpc) is 2.42. The van der Waals surface area contributed by atoms with Crippen LogP contribution in [0.1, 0.15) is 37.0 Å². The summed E-state index contributed by atoms with van der Waals surface area (Å²) in [6, 6.07) is 0.172. The van der Waals surface area contributed by atoms with Crippen molar-refractivity contribution in [1.82, 2.24) is 20.2 Å². The standard InChI is InChI=1S/C13H22N4O/c1-4-11-9(2)13(18)16-12(15-11)10(3)17-7-5-14-6-8-17/h10,14H,4-8H2,1-3H3,(H,15,16,18). The molecule has 0 spiro atoms. The molecule has 1 aromatic rings. The van der Waals surface area contributed by atoms with Crippen molar-refractivity contribution in [3.63, 3.8) is 0 Å². The van der Waals surface area contributed by atoms with Crippen LogP contribution in [-0.2, 0) is 6.42 Å². The van der Waals surface area contributed by atoms with Crippen LogP contribution in [0.5, 0.6) is 0 Å². The largest absolute Gasteiger partial charge is 0.314 e. The van der Waals surface area contributed by atoms with E-state index in [1.54, 1.807) is 0 Å². The van der Waals surface area contributed by atoms with Crippen molar-refractivity contribution in [3.05, 3.63) is 27.4 Å². The molecule has 1 unspecified atom stereocenters. The Balaban J connectivity index is 2.26. The van der Waals surface area contributed by atoms with Gasteiger partial charge in [0.15, 0.2) is 0 Å². The van der Waals surface area contributed by atoms with E-state index in [2.05, 4.69) is 27.1 Å². The van der Waals surface area contributed by atoms with E-state index in [4.69, 9.17) is 0 Å². The molecule has 0 saturated carbocycles. The number of hydrogen-bond donors (Lipinski definition) is 2. The van der Waals surface area contributed by atoms with Gasteiger partial charge < -0.3 is 10.3 Å². The summed E-state index contributed by atoms with van der Waals surface area (Å²) in [5.74, 6) is 0.796. The molecule has 2 N–H and O–H groups in total. The molecule has 1 fully saturated rings. The summed E-state index contributed by atoms with van der Waals surface area (Å²) in [5, 5.41) is 3.33. The first-order valence-electron chi connectivity index (χ1n) is 6.68. The molecule has 100 valence electrons. The minimum atomic E-state index is -0.00108. The maximum absolute atomic E-state index is 11.9. The van der Waals surface area contributed by atoms with Crippen molar-refractivity contribution in [2.75, 3.05) is 26.2 Å². The highest BCUT2D eigenvalue weighted by atomic mass is 16.1. The van der Waals surface area contributed by atoms with Gasteiger partial charge in [0.25, 0.3) is 5.56 Å². The molecular weight excluding hydrogens is 228 g/mol. The molecule has 1 aromatic heterocycles. The third-order valence-corrected chi connectivity index (χ3v) is 3.70. The van der Waals surface area contributed by atoms with E-state index in [9.17, 15) is 4.79 Å². The molecule has 1 aliphatic rings. The summed E-state index contributed by atoms with van der Waals surface area (Å²) < 4.78 is 0. The molecule has 5 heteroatoms. The van der Waals surface area contributed by atoms with E-state index in [0.717, 1.165) is 49.7 Å². The summed E-state index contributed by atoms with van der Waals surface area (Å²) in [6.45, 7) is 9.99. The van der Waals surface area contributed by atoms with Crippen molar-refractivity contribution in [2.45, 2.75) is 33.2 Å². The number of aryl methyl sites for hydroxylation is 1. The SMILES string of the molecule is CCc1nc(C(C)N2CCNCC2)[nH]c(=O)c1C. The van der Waals surface area contributed by atoms with Crippen LogP contribution in [-0.4, -0.2) is 41.0 Å². The van der Waals surface area contributed by atoms with E-state index >= 15 is 0 Å². The van der Waals surface area contributed by atoms with Crippen molar-refractivity contribution in [1.29, 1.82) is 0 Å². The Labute approximate surface area is 108 Å². The smallest absolute Gasteiger partial charge is 0.254 e. The van der Waals surface area contributed by atoms with Gasteiger partial charge in [-0.2, -0.15) is 0 Å². The Morgan fingerprint density at radius 2 is 2.06 bits per heavy atom. The van der Waals surface area contributed by atoms with Crippen LogP contribution < -0.4 is 10.9 Å². The van der Waals surface area contributed by atoms with Crippen molar-refractivity contribution >= 4 is 0 Å². The first kappa shape index (κ1) is 13.2. The third-order valence-electron chi connectivity index (χ3n) is 3.70. The first-order chi connectivity index (χ1) is 8.63. The van der Waals surface area contributed by atoms with Crippen LogP contribution in [0.3, 0.4) is 0 Å². The second kappa shape index (κ2) is 5.63. The number of aromatic nitrogens is 2. The fourth-order valence-electron chi connectivity index (χ4n) is 2.38. The Hall–Kier alpha value is -1.20. The molecule has 0 aliphatic carbocycles. The highest BCUT2D eigenvalue weighted by Crippen LogP contribution is 2.16. The van der Waals surface area contributed by atoms with Gasteiger partial charge in [-0.1, -0.05) is 6.92 Å². The van der Waals surface area contributed by atoms with Crippen LogP contribution in [0.4, 0.5) is 0 Å². The van der Waals surface area contributed by atoms with Crippen LogP contribution >= 0.6 is 0 Å². The second-order valence-electron chi connectivity index (χ2n) is 4.84. The molecule has 1 aliphatic heterocycles. The second-order valence-corrected chi connectivity index (χ2v) is 4.84. The minimum Gasteiger partial charge on any atom is -0.314 e. The lowest BCUT2D eigenvalue weighted by Gasteiger charge is -2.32. The molecule has 1 saturated heterocycles. The molecule has 0 radical (unpaired) electrons. The van der Waals surface area contributed by atoms with Gasteiger partial charge in [0, 0.05) is 31.7 Å². The summed E-state index contributed by atoms with van der Waals surface area (Å²) in [7, 11) is 0. The molecule has 1 atom stereocenters. The summed E-state index contributed by atoms with van der Waals surface area (Å²) in [4.78, 5) is 21.8. The topological polar surface area (TPSA) is 61.0 Å². The number of aromatic amines is 1. The maximum Gasteiger partial charge on any atom is 0.254 e. The van der Waals surface area contributed by atoms with Crippen molar-refractivity contribution < 1.29 is 0 Å². The van der Waals surface area contributed by atoms with Gasteiger partial charge in [-0.15, -0.1) is 0 Å². The van der Waals surface area contributed by atoms with Gasteiger partial charge >= 0.3 is 0 Å². The Bertz CT molecular complexity index is 463. The monoisotopic (exact) mass is 250 g/mol. The Kier molecular flexibility index (Phi) is 4.14. The maximum atomic E-state index is 11.9. The van der Waals surface area contributed by atoms with Crippen molar-refractivity contribution in [2.24, 2.45) is 0 Å². The number of rotatable bonds is 3. The molecular formula is C13H22N4O. The van der Waals surface area contributed by atoms with Crippen LogP contribution in [0.2, 0.25) is 0 Å². The van der Waals surface area contributed by atoms with Gasteiger partial charge in [0.2, 0.25) is 0 Å². The normalized spacial score (nSPS) is 18.8. The fourth-order valence-corrected chi connectivity index (χ4v) is 2.38. The van der Waals surface area contributed by atoms with Crippen molar-refractivity contribution in [3.8, 4) is 0 Å². The molecule has 2 heterocycles. The zero-order valence-electron chi connectivity index (χ0n) is 11.4. The molecule has 0 amide bonds. The minimum absolute atomic E-state index is 0.00108. The van der Waals surface area contributed by atoms with E-state index in [1.165, 1.54) is 0 Å². The predicted octanol–water partition coefficient (Wildman–Crippen LogP) is 0.607. The average molecular weight is 250 g/mol. The van der Waals surface area contributed by atoms with E-state index in [0.29, 0.717) is 0 Å². The lowest BCUT2D eigenvalue weighted by Crippen LogP contribution is -2.45. The lowest BCUT2D eigenvalue weighted by atomic mass is 10.1. The van der Waals surface area contributed by atoms with Gasteiger partial charge in [0.05, 0.1) is 11.7 Å². The molecule has 5 nitrogen and oxygen atoms in total. The Morgan fingerprint density at radius 1 is 1.39 bits per heavy atom. The highest BCUT2D eigenvalue weighted by molar-refractivity contribution is 5.16. The number of hydrogen-bond acceptors (Lipinski definition) is 4. The number of H-pyrrole nitrogens is 1. The molecule has 18 heavy (non-hydrogen) atoms. The molecule has 0 aromatic carbocycles. The lowest BCUT2D eigenvalue weighted by molar-refractivity contribution is 0.178. The van der Waals surface area contributed by atoms with Crippen LogP contribution in [0.25, 0.3) is 0 Å². The first-order valence-corrected chi connectivity index (χ1v) is 6.68. The molecule has 2 rings (SSSR count). The number of nitrogens with zero attached hydrogens (tertiary/aromatic N) is 2. The van der Waals surface area contributed by atoms with E-state index < -0.39 is 0 Å². The van der Waals surface area contributed by atoms with Crippen LogP contribution in [0.15, 0.2) is 4.79 Å². The Morgan fingerprint density at radius 3 is 2.67 bits per heavy atom. The highest BCUT2D eigenvalue weighted by Gasteiger charge is 2.20. The summed E-state index contributed by atoms with van der Waals surface area (Å²) >= 11 is 0. The number of nitrogens with one attached hydrogen (secondary N) is 2. The van der Waals surface area contributed by atoms with Gasteiger partial charge in [0.1, 0.15) is 5.82 Å². The van der Waals surface area contributed by atoms with Crippen LogP contribution in [0, 0.1) is 6.92 Å². The molecule has 0 bridgehead atoms. The van der Waals surface area contributed by atoms with E-state index in [1.807, 2.05) is 13.8 Å². The zero-order valence-corrected chi connectivity index (χ0v) is 11.4.